The minimum Gasteiger partial charge on any atom is -0.460 e. The molecule has 1 aliphatic rings. The number of likely N-dealkylation sites (N-methyl/N-ethyl adjacent to an activating group) is 1. The summed E-state index contributed by atoms with van der Waals surface area (Å²) in [6.45, 7) is 6.60. The zero-order valence-electron chi connectivity index (χ0n) is 13.1. The van der Waals surface area contributed by atoms with E-state index in [0.717, 1.165) is 0 Å². The molecular formula is C14H27NO5. The number of rotatable bonds is 5. The predicted molar refractivity (Wildman–Crippen MR) is 74.2 cm³/mol. The Morgan fingerprint density at radius 3 is 2.60 bits per heavy atom. The van der Waals surface area contributed by atoms with Crippen LogP contribution >= 0.6 is 0 Å². The number of hydrogen-bond donors (Lipinski definition) is 1. The number of aliphatic hydroxyl groups excluding tert-OH is 1. The summed E-state index contributed by atoms with van der Waals surface area (Å²) in [5.74, 6) is -0.837. The number of piperidine rings is 1. The molecule has 0 saturated carbocycles. The van der Waals surface area contributed by atoms with E-state index in [1.165, 1.54) is 0 Å². The van der Waals surface area contributed by atoms with E-state index in [1.54, 1.807) is 7.11 Å². The quantitative estimate of drug-likeness (QED) is 0.455. The first-order valence-electron chi connectivity index (χ1n) is 6.92. The number of methoxy groups -OCH3 is 1. The van der Waals surface area contributed by atoms with Crippen molar-refractivity contribution in [3.8, 4) is 0 Å². The van der Waals surface area contributed by atoms with Crippen molar-refractivity contribution in [2.75, 3.05) is 34.1 Å². The average molecular weight is 289 g/mol. The topological polar surface area (TPSA) is 68.2 Å². The van der Waals surface area contributed by atoms with Gasteiger partial charge in [-0.3, -0.25) is 9.69 Å². The Labute approximate surface area is 121 Å². The monoisotopic (exact) mass is 289 g/mol. The molecule has 0 bridgehead atoms. The third kappa shape index (κ3) is 5.36. The Balaban J connectivity index is 2.59. The summed E-state index contributed by atoms with van der Waals surface area (Å²) in [7, 11) is 3.48. The lowest BCUT2D eigenvalue weighted by molar-refractivity contribution is -0.169. The molecule has 6 heteroatoms. The van der Waals surface area contributed by atoms with Gasteiger partial charge in [-0.2, -0.15) is 0 Å². The molecule has 0 amide bonds. The van der Waals surface area contributed by atoms with Gasteiger partial charge in [0, 0.05) is 19.7 Å². The van der Waals surface area contributed by atoms with Crippen LogP contribution in [0.1, 0.15) is 27.2 Å². The molecule has 0 radical (unpaired) electrons. The molecule has 20 heavy (non-hydrogen) atoms. The van der Waals surface area contributed by atoms with Gasteiger partial charge in [-0.15, -0.1) is 0 Å². The fourth-order valence-electron chi connectivity index (χ4n) is 2.30. The van der Waals surface area contributed by atoms with Crippen molar-refractivity contribution in [1.82, 2.24) is 4.90 Å². The van der Waals surface area contributed by atoms with Crippen molar-refractivity contribution in [2.45, 2.75) is 44.9 Å². The number of ether oxygens (including phenoxy) is 3. The number of β-amino-alcohol motifs (C(OH)–C–C–N with tert-alkyl or cyclic N) is 1. The maximum absolute atomic E-state index is 12.1. The molecule has 1 saturated heterocycles. The second-order valence-corrected chi connectivity index (χ2v) is 6.31. The van der Waals surface area contributed by atoms with Gasteiger partial charge in [0.05, 0.1) is 18.6 Å². The van der Waals surface area contributed by atoms with Crippen LogP contribution in [-0.4, -0.2) is 67.8 Å². The standard InChI is InChI=1S/C14H27NO5/c1-14(2,3)20-13(17)11-6-10(8-19-9-18-5)15(4)7-12(11)16/h10-12,16H,6-9H2,1-5H3/t10-,11?,12?/m1/s1. The fourth-order valence-corrected chi connectivity index (χ4v) is 2.30. The normalized spacial score (nSPS) is 28.4. The predicted octanol–water partition coefficient (Wildman–Crippen LogP) is 0.630. The molecule has 0 aromatic carbocycles. The summed E-state index contributed by atoms with van der Waals surface area (Å²) in [4.78, 5) is 14.1. The fraction of sp³-hybridized carbons (Fsp3) is 0.929. The van der Waals surface area contributed by atoms with Gasteiger partial charge in [0.25, 0.3) is 0 Å². The zero-order valence-corrected chi connectivity index (χ0v) is 13.1. The Morgan fingerprint density at radius 2 is 2.05 bits per heavy atom. The first kappa shape index (κ1) is 17.4. The van der Waals surface area contributed by atoms with Crippen molar-refractivity contribution in [1.29, 1.82) is 0 Å². The van der Waals surface area contributed by atoms with Gasteiger partial charge in [-0.05, 0) is 34.2 Å². The summed E-state index contributed by atoms with van der Waals surface area (Å²) in [5, 5.41) is 10.1. The smallest absolute Gasteiger partial charge is 0.312 e. The van der Waals surface area contributed by atoms with Crippen LogP contribution in [-0.2, 0) is 19.0 Å². The first-order chi connectivity index (χ1) is 9.24. The van der Waals surface area contributed by atoms with Crippen molar-refractivity contribution in [3.63, 3.8) is 0 Å². The SMILES string of the molecule is COCOC[C@H]1CC(C(=O)OC(C)(C)C)C(O)CN1C. The molecule has 1 heterocycles. The lowest BCUT2D eigenvalue weighted by Gasteiger charge is -2.39. The Hall–Kier alpha value is -0.690. The van der Waals surface area contributed by atoms with Crippen molar-refractivity contribution >= 4 is 5.97 Å². The number of aliphatic hydroxyl groups is 1. The highest BCUT2D eigenvalue weighted by Gasteiger charge is 2.39. The Bertz CT molecular complexity index is 315. The summed E-state index contributed by atoms with van der Waals surface area (Å²) in [6, 6.07) is 0.0751. The maximum Gasteiger partial charge on any atom is 0.312 e. The molecule has 6 nitrogen and oxygen atoms in total. The van der Waals surface area contributed by atoms with E-state index >= 15 is 0 Å². The largest absolute Gasteiger partial charge is 0.460 e. The molecule has 0 aromatic rings. The molecule has 0 spiro atoms. The molecule has 0 aliphatic carbocycles. The van der Waals surface area contributed by atoms with Gasteiger partial charge >= 0.3 is 5.97 Å². The highest BCUT2D eigenvalue weighted by atomic mass is 16.7. The second-order valence-electron chi connectivity index (χ2n) is 6.31. The summed E-state index contributed by atoms with van der Waals surface area (Å²) < 4.78 is 15.6. The number of carbonyl (C=O) groups excluding carboxylic acids is 1. The minimum absolute atomic E-state index is 0.0751. The van der Waals surface area contributed by atoms with E-state index < -0.39 is 17.6 Å². The van der Waals surface area contributed by atoms with E-state index in [1.807, 2.05) is 32.7 Å². The molecule has 118 valence electrons. The van der Waals surface area contributed by atoms with Crippen molar-refractivity contribution < 1.29 is 24.1 Å². The lowest BCUT2D eigenvalue weighted by atomic mass is 9.89. The number of esters is 1. The van der Waals surface area contributed by atoms with Crippen LogP contribution in [0.2, 0.25) is 0 Å². The van der Waals surface area contributed by atoms with Crippen LogP contribution in [0.15, 0.2) is 0 Å². The van der Waals surface area contributed by atoms with Crippen molar-refractivity contribution in [3.05, 3.63) is 0 Å². The average Bonchev–Trinajstić information content (AvgIpc) is 2.29. The minimum atomic E-state index is -0.700. The van der Waals surface area contributed by atoms with Crippen LogP contribution in [0.25, 0.3) is 0 Å². The van der Waals surface area contributed by atoms with Crippen LogP contribution < -0.4 is 0 Å². The maximum atomic E-state index is 12.1. The van der Waals surface area contributed by atoms with E-state index in [2.05, 4.69) is 0 Å². The van der Waals surface area contributed by atoms with E-state index in [-0.39, 0.29) is 18.8 Å². The number of likely N-dealkylation sites (tertiary alicyclic amines) is 1. The number of nitrogens with zero attached hydrogens (tertiary/aromatic N) is 1. The third-order valence-corrected chi connectivity index (χ3v) is 3.31. The van der Waals surface area contributed by atoms with Gasteiger partial charge in [-0.25, -0.2) is 0 Å². The highest BCUT2D eigenvalue weighted by Crippen LogP contribution is 2.25. The highest BCUT2D eigenvalue weighted by molar-refractivity contribution is 5.73. The van der Waals surface area contributed by atoms with Crippen LogP contribution in [0.4, 0.5) is 0 Å². The summed E-state index contributed by atoms with van der Waals surface area (Å²) >= 11 is 0. The van der Waals surface area contributed by atoms with Gasteiger partial charge in [0.1, 0.15) is 12.4 Å². The van der Waals surface area contributed by atoms with Gasteiger partial charge in [0.15, 0.2) is 0 Å². The number of hydrogen-bond acceptors (Lipinski definition) is 6. The molecule has 1 aliphatic heterocycles. The molecule has 0 aromatic heterocycles. The van der Waals surface area contributed by atoms with Gasteiger partial charge in [0.2, 0.25) is 0 Å². The molecule has 1 rings (SSSR count). The Kier molecular flexibility index (Phi) is 6.39. The third-order valence-electron chi connectivity index (χ3n) is 3.31. The van der Waals surface area contributed by atoms with Crippen LogP contribution in [0, 0.1) is 5.92 Å². The molecule has 1 fully saturated rings. The van der Waals surface area contributed by atoms with Gasteiger partial charge in [-0.1, -0.05) is 0 Å². The van der Waals surface area contributed by atoms with E-state index in [4.69, 9.17) is 14.2 Å². The molecule has 1 N–H and O–H groups in total. The molecule has 3 atom stereocenters. The van der Waals surface area contributed by atoms with Gasteiger partial charge < -0.3 is 19.3 Å². The van der Waals surface area contributed by atoms with Crippen LogP contribution in [0.3, 0.4) is 0 Å². The lowest BCUT2D eigenvalue weighted by Crippen LogP contribution is -2.52. The number of carbonyl (C=O) groups is 1. The summed E-state index contributed by atoms with van der Waals surface area (Å²) in [5.41, 5.74) is -0.539. The molecular weight excluding hydrogens is 262 g/mol. The van der Waals surface area contributed by atoms with E-state index in [0.29, 0.717) is 19.6 Å². The first-order valence-corrected chi connectivity index (χ1v) is 6.92. The molecule has 2 unspecified atom stereocenters. The second kappa shape index (κ2) is 7.36. The van der Waals surface area contributed by atoms with Crippen molar-refractivity contribution in [2.24, 2.45) is 5.92 Å². The Morgan fingerprint density at radius 1 is 1.40 bits per heavy atom. The summed E-state index contributed by atoms with van der Waals surface area (Å²) in [6.07, 6.45) is -0.176. The van der Waals surface area contributed by atoms with Crippen LogP contribution in [0.5, 0.6) is 0 Å². The van der Waals surface area contributed by atoms with E-state index in [9.17, 15) is 9.90 Å². The zero-order chi connectivity index (χ0) is 15.3.